The molecule has 1 unspecified atom stereocenters. The van der Waals surface area contributed by atoms with E-state index in [-0.39, 0.29) is 0 Å². The Kier molecular flexibility index (Phi) is 2.94. The molecular formula is C12H19N3S. The maximum absolute atomic E-state index is 4.82. The standard InChI is InChI=1S/C12H19N3S/c1-8-11(10-7-16-6-5-13-10)15-12(14-8)9-3-2-4-9/h9-10,13H,2-7H2,1H3,(H,14,15). The van der Waals surface area contributed by atoms with E-state index < -0.39 is 0 Å². The maximum Gasteiger partial charge on any atom is 0.109 e. The molecule has 88 valence electrons. The van der Waals surface area contributed by atoms with Crippen molar-refractivity contribution < 1.29 is 0 Å². The lowest BCUT2D eigenvalue weighted by Crippen LogP contribution is -2.31. The quantitative estimate of drug-likeness (QED) is 0.829. The maximum atomic E-state index is 4.82. The number of nitrogens with zero attached hydrogens (tertiary/aromatic N) is 1. The SMILES string of the molecule is Cc1[nH]c(C2CCC2)nc1C1CSCCN1. The molecule has 1 saturated carbocycles. The molecular weight excluding hydrogens is 218 g/mol. The zero-order chi connectivity index (χ0) is 11.0. The third-order valence-electron chi connectivity index (χ3n) is 3.68. The second kappa shape index (κ2) is 4.41. The highest BCUT2D eigenvalue weighted by Gasteiger charge is 2.26. The Labute approximate surface area is 101 Å². The Hall–Kier alpha value is -0.480. The number of hydrogen-bond acceptors (Lipinski definition) is 3. The predicted molar refractivity (Wildman–Crippen MR) is 68.0 cm³/mol. The molecule has 1 aliphatic carbocycles. The van der Waals surface area contributed by atoms with Gasteiger partial charge in [0, 0.05) is 29.7 Å². The first-order valence-electron chi connectivity index (χ1n) is 6.22. The van der Waals surface area contributed by atoms with E-state index in [2.05, 4.69) is 17.2 Å². The monoisotopic (exact) mass is 237 g/mol. The molecule has 0 bridgehead atoms. The van der Waals surface area contributed by atoms with Gasteiger partial charge in [-0.15, -0.1) is 0 Å². The van der Waals surface area contributed by atoms with E-state index in [1.165, 1.54) is 42.2 Å². The first kappa shape index (κ1) is 10.7. The van der Waals surface area contributed by atoms with Gasteiger partial charge in [-0.1, -0.05) is 6.42 Å². The Morgan fingerprint density at radius 2 is 2.25 bits per heavy atom. The lowest BCUT2D eigenvalue weighted by molar-refractivity contribution is 0.403. The van der Waals surface area contributed by atoms with Gasteiger partial charge in [0.25, 0.3) is 0 Å². The lowest BCUT2D eigenvalue weighted by atomic mass is 9.85. The molecule has 1 atom stereocenters. The first-order valence-corrected chi connectivity index (χ1v) is 7.37. The summed E-state index contributed by atoms with van der Waals surface area (Å²) in [5.41, 5.74) is 2.52. The van der Waals surface area contributed by atoms with Crippen molar-refractivity contribution in [3.63, 3.8) is 0 Å². The van der Waals surface area contributed by atoms with E-state index in [1.54, 1.807) is 0 Å². The van der Waals surface area contributed by atoms with Crippen LogP contribution < -0.4 is 5.32 Å². The van der Waals surface area contributed by atoms with Gasteiger partial charge in [0.05, 0.1) is 11.7 Å². The average molecular weight is 237 g/mol. The Morgan fingerprint density at radius 3 is 2.88 bits per heavy atom. The number of aryl methyl sites for hydroxylation is 1. The average Bonchev–Trinajstić information content (AvgIpc) is 2.59. The minimum absolute atomic E-state index is 0.462. The van der Waals surface area contributed by atoms with Crippen molar-refractivity contribution in [2.24, 2.45) is 0 Å². The number of thioether (sulfide) groups is 1. The van der Waals surface area contributed by atoms with Crippen molar-refractivity contribution in [1.29, 1.82) is 0 Å². The molecule has 0 spiro atoms. The van der Waals surface area contributed by atoms with E-state index in [4.69, 9.17) is 4.98 Å². The third-order valence-corrected chi connectivity index (χ3v) is 4.75. The highest BCUT2D eigenvalue weighted by atomic mass is 32.2. The molecule has 0 aromatic carbocycles. The van der Waals surface area contributed by atoms with Crippen LogP contribution in [0.25, 0.3) is 0 Å². The number of rotatable bonds is 2. The van der Waals surface area contributed by atoms with Crippen molar-refractivity contribution in [2.75, 3.05) is 18.1 Å². The highest BCUT2D eigenvalue weighted by Crippen LogP contribution is 2.36. The van der Waals surface area contributed by atoms with E-state index >= 15 is 0 Å². The number of hydrogen-bond donors (Lipinski definition) is 2. The van der Waals surface area contributed by atoms with Gasteiger partial charge in [0.15, 0.2) is 0 Å². The van der Waals surface area contributed by atoms with Crippen LogP contribution in [0.15, 0.2) is 0 Å². The van der Waals surface area contributed by atoms with Crippen LogP contribution in [-0.2, 0) is 0 Å². The molecule has 1 saturated heterocycles. The van der Waals surface area contributed by atoms with Crippen molar-refractivity contribution >= 4 is 11.8 Å². The number of H-pyrrole nitrogens is 1. The van der Waals surface area contributed by atoms with E-state index in [9.17, 15) is 0 Å². The fraction of sp³-hybridized carbons (Fsp3) is 0.750. The van der Waals surface area contributed by atoms with Crippen molar-refractivity contribution in [3.05, 3.63) is 17.2 Å². The fourth-order valence-corrected chi connectivity index (χ4v) is 3.39. The molecule has 1 aromatic heterocycles. The van der Waals surface area contributed by atoms with Crippen molar-refractivity contribution in [2.45, 2.75) is 38.1 Å². The van der Waals surface area contributed by atoms with Crippen LogP contribution in [0.2, 0.25) is 0 Å². The zero-order valence-electron chi connectivity index (χ0n) is 9.75. The summed E-state index contributed by atoms with van der Waals surface area (Å²) < 4.78 is 0. The molecule has 3 rings (SSSR count). The molecule has 2 fully saturated rings. The zero-order valence-corrected chi connectivity index (χ0v) is 10.6. The smallest absolute Gasteiger partial charge is 0.109 e. The fourth-order valence-electron chi connectivity index (χ4n) is 2.45. The van der Waals surface area contributed by atoms with Crippen LogP contribution in [-0.4, -0.2) is 28.0 Å². The Bertz CT molecular complexity index is 364. The van der Waals surface area contributed by atoms with Gasteiger partial charge in [0.2, 0.25) is 0 Å². The summed E-state index contributed by atoms with van der Waals surface area (Å²) in [6, 6.07) is 0.462. The Balaban J connectivity index is 1.79. The van der Waals surface area contributed by atoms with Crippen LogP contribution >= 0.6 is 11.8 Å². The van der Waals surface area contributed by atoms with Crippen LogP contribution in [0.1, 0.15) is 48.4 Å². The van der Waals surface area contributed by atoms with Gasteiger partial charge in [0.1, 0.15) is 5.82 Å². The van der Waals surface area contributed by atoms with E-state index in [0.29, 0.717) is 12.0 Å². The van der Waals surface area contributed by atoms with Gasteiger partial charge >= 0.3 is 0 Å². The molecule has 2 aliphatic rings. The van der Waals surface area contributed by atoms with E-state index in [0.717, 1.165) is 12.3 Å². The summed E-state index contributed by atoms with van der Waals surface area (Å²) in [6.07, 6.45) is 4.01. The summed E-state index contributed by atoms with van der Waals surface area (Å²) in [5.74, 6) is 4.34. The van der Waals surface area contributed by atoms with Gasteiger partial charge in [-0.2, -0.15) is 11.8 Å². The summed E-state index contributed by atoms with van der Waals surface area (Å²) in [4.78, 5) is 8.31. The Morgan fingerprint density at radius 1 is 1.38 bits per heavy atom. The molecule has 4 heteroatoms. The van der Waals surface area contributed by atoms with Gasteiger partial charge < -0.3 is 10.3 Å². The summed E-state index contributed by atoms with van der Waals surface area (Å²) in [5, 5.41) is 3.56. The second-order valence-corrected chi connectivity index (χ2v) is 5.99. The first-order chi connectivity index (χ1) is 7.84. The summed E-state index contributed by atoms with van der Waals surface area (Å²) in [7, 11) is 0. The molecule has 0 amide bonds. The molecule has 0 radical (unpaired) electrons. The van der Waals surface area contributed by atoms with Crippen LogP contribution in [0.5, 0.6) is 0 Å². The van der Waals surface area contributed by atoms with Crippen LogP contribution in [0.4, 0.5) is 0 Å². The lowest BCUT2D eigenvalue weighted by Gasteiger charge is -2.23. The summed E-state index contributed by atoms with van der Waals surface area (Å²) >= 11 is 2.03. The van der Waals surface area contributed by atoms with Crippen molar-refractivity contribution in [1.82, 2.24) is 15.3 Å². The topological polar surface area (TPSA) is 40.7 Å². The van der Waals surface area contributed by atoms with E-state index in [1.807, 2.05) is 11.8 Å². The highest BCUT2D eigenvalue weighted by molar-refractivity contribution is 7.99. The minimum atomic E-state index is 0.462. The largest absolute Gasteiger partial charge is 0.346 e. The van der Waals surface area contributed by atoms with Crippen LogP contribution in [0.3, 0.4) is 0 Å². The third kappa shape index (κ3) is 1.89. The number of aromatic nitrogens is 2. The number of nitrogens with one attached hydrogen (secondary N) is 2. The number of imidazole rings is 1. The van der Waals surface area contributed by atoms with Gasteiger partial charge in [-0.05, 0) is 19.8 Å². The predicted octanol–water partition coefficient (Wildman–Crippen LogP) is 2.36. The molecule has 16 heavy (non-hydrogen) atoms. The minimum Gasteiger partial charge on any atom is -0.346 e. The van der Waals surface area contributed by atoms with Gasteiger partial charge in [-0.3, -0.25) is 0 Å². The molecule has 2 N–H and O–H groups in total. The van der Waals surface area contributed by atoms with Crippen LogP contribution in [0, 0.1) is 6.92 Å². The molecule has 3 nitrogen and oxygen atoms in total. The van der Waals surface area contributed by atoms with Gasteiger partial charge in [-0.25, -0.2) is 4.98 Å². The molecule has 2 heterocycles. The van der Waals surface area contributed by atoms with Crippen molar-refractivity contribution in [3.8, 4) is 0 Å². The molecule has 1 aliphatic heterocycles. The summed E-state index contributed by atoms with van der Waals surface area (Å²) in [6.45, 7) is 3.27. The number of aromatic amines is 1. The normalized spacial score (nSPS) is 26.7. The second-order valence-electron chi connectivity index (χ2n) is 4.84. The molecule has 1 aromatic rings.